The molecule has 0 aliphatic carbocycles. The number of fused-ring (bicyclic) bond motifs is 4. The number of sulfonamides is 1. The molecular weight excluding hydrogens is 552 g/mol. The molecular formula is C29H31ClN4O5S. The van der Waals surface area contributed by atoms with Crippen LogP contribution in [0.15, 0.2) is 70.4 Å². The van der Waals surface area contributed by atoms with Crippen molar-refractivity contribution in [3.8, 4) is 0 Å². The molecule has 4 heterocycles. The van der Waals surface area contributed by atoms with Gasteiger partial charge in [-0.3, -0.25) is 14.3 Å². The van der Waals surface area contributed by atoms with Gasteiger partial charge in [-0.1, -0.05) is 17.7 Å². The van der Waals surface area contributed by atoms with Crippen molar-refractivity contribution < 1.29 is 17.9 Å². The van der Waals surface area contributed by atoms with Crippen LogP contribution in [0.4, 0.5) is 11.4 Å². The van der Waals surface area contributed by atoms with Crippen molar-refractivity contribution in [2.75, 3.05) is 35.9 Å². The molecule has 0 unspecified atom stereocenters. The summed E-state index contributed by atoms with van der Waals surface area (Å²) in [5.41, 5.74) is 2.38. The van der Waals surface area contributed by atoms with Crippen molar-refractivity contribution in [1.29, 1.82) is 0 Å². The van der Waals surface area contributed by atoms with E-state index in [1.807, 2.05) is 10.6 Å². The van der Waals surface area contributed by atoms with Crippen molar-refractivity contribution in [3.63, 3.8) is 0 Å². The second-order valence-electron chi connectivity index (χ2n) is 10.7. The number of carbonyl (C=O) groups is 1. The fourth-order valence-electron chi connectivity index (χ4n) is 6.06. The zero-order chi connectivity index (χ0) is 27.9. The molecule has 2 aromatic carbocycles. The number of amides is 1. The zero-order valence-electron chi connectivity index (χ0n) is 21.9. The second kappa shape index (κ2) is 10.9. The van der Waals surface area contributed by atoms with E-state index in [0.29, 0.717) is 54.7 Å². The summed E-state index contributed by atoms with van der Waals surface area (Å²) in [7, 11) is -3.96. The molecule has 6 rings (SSSR count). The van der Waals surface area contributed by atoms with Gasteiger partial charge in [0.25, 0.3) is 21.5 Å². The summed E-state index contributed by atoms with van der Waals surface area (Å²) in [6.45, 7) is 3.01. The average molecular weight is 583 g/mol. The number of ether oxygens (including phenoxy) is 1. The van der Waals surface area contributed by atoms with Gasteiger partial charge in [0.2, 0.25) is 0 Å². The minimum absolute atomic E-state index is 0.00533. The fourth-order valence-corrected chi connectivity index (χ4v) is 7.25. The number of hydrogen-bond acceptors (Lipinski definition) is 6. The van der Waals surface area contributed by atoms with Crippen LogP contribution >= 0.6 is 11.6 Å². The lowest BCUT2D eigenvalue weighted by Gasteiger charge is -2.44. The molecule has 2 fully saturated rings. The summed E-state index contributed by atoms with van der Waals surface area (Å²) in [6, 6.07) is 16.5. The molecule has 40 heavy (non-hydrogen) atoms. The number of anilines is 2. The molecule has 2 bridgehead atoms. The van der Waals surface area contributed by atoms with Gasteiger partial charge in [0.05, 0.1) is 22.4 Å². The Labute approximate surface area is 238 Å². The Morgan fingerprint density at radius 3 is 2.65 bits per heavy atom. The van der Waals surface area contributed by atoms with E-state index in [1.54, 1.807) is 30.3 Å². The van der Waals surface area contributed by atoms with Crippen molar-refractivity contribution in [3.05, 3.63) is 87.3 Å². The number of piperidine rings is 1. The Kier molecular flexibility index (Phi) is 7.33. The molecule has 0 spiro atoms. The molecule has 3 atom stereocenters. The summed E-state index contributed by atoms with van der Waals surface area (Å²) >= 11 is 5.98. The van der Waals surface area contributed by atoms with Crippen LogP contribution in [-0.4, -0.2) is 51.2 Å². The maximum absolute atomic E-state index is 13.4. The number of nitrogens with one attached hydrogen (secondary N) is 2. The van der Waals surface area contributed by atoms with E-state index >= 15 is 0 Å². The van der Waals surface area contributed by atoms with Gasteiger partial charge in [-0.15, -0.1) is 0 Å². The van der Waals surface area contributed by atoms with Crippen LogP contribution in [-0.2, 0) is 21.3 Å². The molecule has 2 N–H and O–H groups in total. The van der Waals surface area contributed by atoms with Gasteiger partial charge in [0.1, 0.15) is 0 Å². The maximum atomic E-state index is 13.4. The van der Waals surface area contributed by atoms with E-state index in [1.165, 1.54) is 24.3 Å². The first-order valence-electron chi connectivity index (χ1n) is 13.5. The summed E-state index contributed by atoms with van der Waals surface area (Å²) < 4.78 is 37.0. The Morgan fingerprint density at radius 1 is 1.05 bits per heavy atom. The van der Waals surface area contributed by atoms with Gasteiger partial charge in [0.15, 0.2) is 0 Å². The minimum Gasteiger partial charge on any atom is -0.376 e. The lowest BCUT2D eigenvalue weighted by atomic mass is 9.83. The third kappa shape index (κ3) is 5.48. The van der Waals surface area contributed by atoms with Crippen LogP contribution < -0.4 is 20.5 Å². The highest BCUT2D eigenvalue weighted by atomic mass is 35.5. The summed E-state index contributed by atoms with van der Waals surface area (Å²) in [5, 5.41) is 3.35. The quantitative estimate of drug-likeness (QED) is 0.438. The first-order valence-corrected chi connectivity index (χ1v) is 15.4. The molecule has 0 radical (unpaired) electrons. The lowest BCUT2D eigenvalue weighted by Crippen LogP contribution is -2.47. The molecule has 11 heteroatoms. The maximum Gasteiger partial charge on any atom is 0.261 e. The van der Waals surface area contributed by atoms with Crippen LogP contribution in [0.5, 0.6) is 0 Å². The highest BCUT2D eigenvalue weighted by molar-refractivity contribution is 7.92. The predicted octanol–water partition coefficient (Wildman–Crippen LogP) is 3.84. The van der Waals surface area contributed by atoms with E-state index in [9.17, 15) is 18.0 Å². The molecule has 3 aliphatic rings. The van der Waals surface area contributed by atoms with Gasteiger partial charge in [0, 0.05) is 61.1 Å². The van der Waals surface area contributed by atoms with E-state index in [2.05, 4.69) is 14.9 Å². The van der Waals surface area contributed by atoms with Gasteiger partial charge < -0.3 is 19.5 Å². The smallest absolute Gasteiger partial charge is 0.261 e. The largest absolute Gasteiger partial charge is 0.376 e. The molecule has 0 saturated carbocycles. The number of halogens is 1. The minimum atomic E-state index is -3.96. The molecule has 1 amide bonds. The first-order chi connectivity index (χ1) is 19.3. The van der Waals surface area contributed by atoms with E-state index in [-0.39, 0.29) is 34.3 Å². The molecule has 210 valence electrons. The van der Waals surface area contributed by atoms with Gasteiger partial charge in [-0.05, 0) is 73.7 Å². The van der Waals surface area contributed by atoms with Crippen molar-refractivity contribution in [2.45, 2.75) is 42.7 Å². The molecule has 9 nitrogen and oxygen atoms in total. The average Bonchev–Trinajstić information content (AvgIpc) is 3.46. The zero-order valence-corrected chi connectivity index (χ0v) is 23.5. The monoisotopic (exact) mass is 582 g/mol. The number of pyridine rings is 1. The number of rotatable bonds is 7. The SMILES string of the molecule is O=C(NC[C@@H]1CCCO1)c1ccc(N2C[C@H]3C[C@@H](C2)c2cccc(=O)n2C3)c(NS(=O)(=O)c2ccc(Cl)cc2)c1. The van der Waals surface area contributed by atoms with Crippen LogP contribution in [0.3, 0.4) is 0 Å². The van der Waals surface area contributed by atoms with Gasteiger partial charge in [-0.2, -0.15) is 0 Å². The van der Waals surface area contributed by atoms with Crippen LogP contribution in [0, 0.1) is 5.92 Å². The Hall–Kier alpha value is -3.34. The molecule has 3 aliphatic heterocycles. The Morgan fingerprint density at radius 2 is 1.88 bits per heavy atom. The van der Waals surface area contributed by atoms with Gasteiger partial charge >= 0.3 is 0 Å². The molecule has 3 aromatic rings. The standard InChI is InChI=1S/C29H31ClN4O5S/c30-22-7-9-24(10-8-22)40(37,38)32-25-14-20(29(36)31-15-23-3-2-12-39-23)6-11-27(25)33-16-19-13-21(18-33)26-4-1-5-28(35)34(26)17-19/h1,4-11,14,19,21,23,32H,2-3,12-13,15-18H2,(H,31,36)/t19-,21+,23+/m1/s1. The number of nitrogens with zero attached hydrogens (tertiary/aromatic N) is 2. The van der Waals surface area contributed by atoms with Crippen LogP contribution in [0.2, 0.25) is 5.02 Å². The van der Waals surface area contributed by atoms with E-state index in [0.717, 1.165) is 25.0 Å². The van der Waals surface area contributed by atoms with Crippen molar-refractivity contribution >= 4 is 38.9 Å². The number of carbonyl (C=O) groups excluding carboxylic acids is 1. The highest BCUT2D eigenvalue weighted by Gasteiger charge is 2.35. The summed E-state index contributed by atoms with van der Waals surface area (Å²) in [4.78, 5) is 27.7. The lowest BCUT2D eigenvalue weighted by molar-refractivity contribution is 0.0858. The number of benzene rings is 2. The predicted molar refractivity (Wildman–Crippen MR) is 154 cm³/mol. The number of aromatic nitrogens is 1. The Balaban J connectivity index is 1.32. The highest BCUT2D eigenvalue weighted by Crippen LogP contribution is 2.39. The third-order valence-electron chi connectivity index (χ3n) is 7.96. The normalized spacial score (nSPS) is 22.0. The second-order valence-corrected chi connectivity index (χ2v) is 12.9. The summed E-state index contributed by atoms with van der Waals surface area (Å²) in [5.74, 6) is 0.0794. The first kappa shape index (κ1) is 26.9. The topological polar surface area (TPSA) is 110 Å². The molecule has 1 aromatic heterocycles. The van der Waals surface area contributed by atoms with Crippen LogP contribution in [0.25, 0.3) is 0 Å². The van der Waals surface area contributed by atoms with Crippen molar-refractivity contribution in [1.82, 2.24) is 9.88 Å². The van der Waals surface area contributed by atoms with E-state index < -0.39 is 10.0 Å². The summed E-state index contributed by atoms with van der Waals surface area (Å²) in [6.07, 6.45) is 2.84. The third-order valence-corrected chi connectivity index (χ3v) is 9.60. The van der Waals surface area contributed by atoms with Crippen LogP contribution in [0.1, 0.15) is 41.2 Å². The fraction of sp³-hybridized carbons (Fsp3) is 0.379. The number of hydrogen-bond donors (Lipinski definition) is 2. The van der Waals surface area contributed by atoms with Gasteiger partial charge in [-0.25, -0.2) is 8.42 Å². The molecule has 2 saturated heterocycles. The van der Waals surface area contributed by atoms with E-state index in [4.69, 9.17) is 16.3 Å². The Bertz CT molecular complexity index is 1580. The van der Waals surface area contributed by atoms with Crippen molar-refractivity contribution in [2.24, 2.45) is 5.92 Å².